The van der Waals surface area contributed by atoms with Crippen LogP contribution >= 0.6 is 0 Å². The molecule has 0 radical (unpaired) electrons. The molecule has 0 saturated carbocycles. The first kappa shape index (κ1) is 21.4. The van der Waals surface area contributed by atoms with Gasteiger partial charge in [0.2, 0.25) is 0 Å². The number of nitrogens with zero attached hydrogens (tertiary/aromatic N) is 3. The van der Waals surface area contributed by atoms with Gasteiger partial charge in [0.05, 0.1) is 18.4 Å². The van der Waals surface area contributed by atoms with Gasteiger partial charge in [-0.25, -0.2) is 14.0 Å². The molecule has 1 aliphatic rings. The average Bonchev–Trinajstić information content (AvgIpc) is 2.68. The number of ether oxygens (including phenoxy) is 1. The summed E-state index contributed by atoms with van der Waals surface area (Å²) >= 11 is 0. The molecule has 2 heterocycles. The molecule has 1 aliphatic heterocycles. The van der Waals surface area contributed by atoms with Crippen LogP contribution in [0.2, 0.25) is 0 Å². The Morgan fingerprint density at radius 2 is 1.97 bits per heavy atom. The molecule has 1 unspecified atom stereocenters. The van der Waals surface area contributed by atoms with Gasteiger partial charge < -0.3 is 25.2 Å². The zero-order valence-electron chi connectivity index (χ0n) is 17.3. The summed E-state index contributed by atoms with van der Waals surface area (Å²) in [4.78, 5) is 31.7. The standard InChI is InChI=1S/C21H26FN5O3/c1-14-6-7-16(12-23-14)24-20(28)25-17-9-15(22)10-19(11-17)30-18-5-4-8-27(13-18)21(29)26(2)3/h6-7,9-12,18H,4-5,8,13H2,1-3H3,(H2,24,25,28). The van der Waals surface area contributed by atoms with Crippen LogP contribution < -0.4 is 15.4 Å². The van der Waals surface area contributed by atoms with Crippen LogP contribution in [0.3, 0.4) is 0 Å². The van der Waals surface area contributed by atoms with E-state index in [0.29, 0.717) is 24.5 Å². The number of nitrogens with one attached hydrogen (secondary N) is 2. The molecule has 9 heteroatoms. The van der Waals surface area contributed by atoms with E-state index in [-0.39, 0.29) is 17.8 Å². The lowest BCUT2D eigenvalue weighted by Gasteiger charge is -2.34. The Morgan fingerprint density at radius 1 is 1.20 bits per heavy atom. The van der Waals surface area contributed by atoms with E-state index in [0.717, 1.165) is 18.5 Å². The molecule has 1 aromatic heterocycles. The van der Waals surface area contributed by atoms with Gasteiger partial charge in [0, 0.05) is 44.2 Å². The Hall–Kier alpha value is -3.36. The summed E-state index contributed by atoms with van der Waals surface area (Å²) in [6.07, 6.45) is 2.86. The van der Waals surface area contributed by atoms with Gasteiger partial charge in [0.25, 0.3) is 0 Å². The van der Waals surface area contributed by atoms with Gasteiger partial charge in [-0.1, -0.05) is 0 Å². The van der Waals surface area contributed by atoms with Gasteiger partial charge in [-0.2, -0.15) is 0 Å². The van der Waals surface area contributed by atoms with Gasteiger partial charge >= 0.3 is 12.1 Å². The minimum atomic E-state index is -0.531. The van der Waals surface area contributed by atoms with Gasteiger partial charge in [-0.3, -0.25) is 4.98 Å². The first-order valence-electron chi connectivity index (χ1n) is 9.74. The molecule has 0 spiro atoms. The molecular weight excluding hydrogens is 389 g/mol. The van der Waals surface area contributed by atoms with Crippen molar-refractivity contribution >= 4 is 23.4 Å². The molecule has 4 amide bonds. The number of carbonyl (C=O) groups is 2. The van der Waals surface area contributed by atoms with E-state index in [2.05, 4.69) is 15.6 Å². The van der Waals surface area contributed by atoms with Crippen molar-refractivity contribution in [2.75, 3.05) is 37.8 Å². The van der Waals surface area contributed by atoms with Crippen LogP contribution in [0, 0.1) is 12.7 Å². The van der Waals surface area contributed by atoms with Crippen LogP contribution in [0.15, 0.2) is 36.5 Å². The second-order valence-electron chi connectivity index (χ2n) is 7.45. The van der Waals surface area contributed by atoms with Gasteiger partial charge in [0.15, 0.2) is 0 Å². The first-order valence-corrected chi connectivity index (χ1v) is 9.74. The largest absolute Gasteiger partial charge is 0.488 e. The topological polar surface area (TPSA) is 86.8 Å². The van der Waals surface area contributed by atoms with E-state index in [1.165, 1.54) is 17.0 Å². The SMILES string of the molecule is Cc1ccc(NC(=O)Nc2cc(F)cc(OC3CCCN(C(=O)N(C)C)C3)c2)cn1. The summed E-state index contributed by atoms with van der Waals surface area (Å²) in [5.74, 6) is -0.233. The highest BCUT2D eigenvalue weighted by molar-refractivity contribution is 5.99. The number of aromatic nitrogens is 1. The Morgan fingerprint density at radius 3 is 2.67 bits per heavy atom. The molecule has 2 N–H and O–H groups in total. The van der Waals surface area contributed by atoms with Gasteiger partial charge in [0.1, 0.15) is 17.7 Å². The zero-order valence-corrected chi connectivity index (χ0v) is 17.3. The quantitative estimate of drug-likeness (QED) is 0.797. The molecular formula is C21H26FN5O3. The molecule has 160 valence electrons. The third-order valence-corrected chi connectivity index (χ3v) is 4.63. The summed E-state index contributed by atoms with van der Waals surface area (Å²) in [5.41, 5.74) is 1.62. The van der Waals surface area contributed by atoms with Gasteiger partial charge in [-0.05, 0) is 38.0 Å². The normalized spacial score (nSPS) is 16.0. The van der Waals surface area contributed by atoms with Crippen molar-refractivity contribution in [1.29, 1.82) is 0 Å². The molecule has 8 nitrogen and oxygen atoms in total. The first-order chi connectivity index (χ1) is 14.3. The number of piperidine rings is 1. The van der Waals surface area contributed by atoms with Crippen molar-refractivity contribution < 1.29 is 18.7 Å². The number of benzene rings is 1. The minimum Gasteiger partial charge on any atom is -0.488 e. The molecule has 1 saturated heterocycles. The maximum absolute atomic E-state index is 14.1. The highest BCUT2D eigenvalue weighted by Gasteiger charge is 2.26. The molecule has 1 fully saturated rings. The van der Waals surface area contributed by atoms with Crippen molar-refractivity contribution in [2.24, 2.45) is 0 Å². The Kier molecular flexibility index (Phi) is 6.71. The lowest BCUT2D eigenvalue weighted by Crippen LogP contribution is -2.48. The lowest BCUT2D eigenvalue weighted by molar-refractivity contribution is 0.0912. The van der Waals surface area contributed by atoms with Crippen molar-refractivity contribution in [1.82, 2.24) is 14.8 Å². The van der Waals surface area contributed by atoms with Crippen molar-refractivity contribution in [3.63, 3.8) is 0 Å². The van der Waals surface area contributed by atoms with E-state index in [9.17, 15) is 14.0 Å². The zero-order chi connectivity index (χ0) is 21.7. The Balaban J connectivity index is 1.62. The predicted octanol–water partition coefficient (Wildman–Crippen LogP) is 3.70. The number of pyridine rings is 1. The second-order valence-corrected chi connectivity index (χ2v) is 7.45. The van der Waals surface area contributed by atoms with Crippen LogP contribution in [0.4, 0.5) is 25.4 Å². The maximum atomic E-state index is 14.1. The number of likely N-dealkylation sites (tertiary alicyclic amines) is 1. The number of anilines is 2. The summed E-state index contributed by atoms with van der Waals surface area (Å²) in [5, 5.41) is 5.24. The number of hydrogen-bond acceptors (Lipinski definition) is 4. The van der Waals surface area contributed by atoms with E-state index in [4.69, 9.17) is 4.74 Å². The van der Waals surface area contributed by atoms with Crippen molar-refractivity contribution in [3.8, 4) is 5.75 Å². The number of rotatable bonds is 4. The molecule has 3 rings (SSSR count). The van der Waals surface area contributed by atoms with Gasteiger partial charge in [-0.15, -0.1) is 0 Å². The van der Waals surface area contributed by atoms with Crippen LogP contribution in [0.25, 0.3) is 0 Å². The lowest BCUT2D eigenvalue weighted by atomic mass is 10.1. The minimum absolute atomic E-state index is 0.0767. The molecule has 0 bridgehead atoms. The fraction of sp³-hybridized carbons (Fsp3) is 0.381. The molecule has 30 heavy (non-hydrogen) atoms. The summed E-state index contributed by atoms with van der Waals surface area (Å²) in [6.45, 7) is 2.94. The molecule has 2 aromatic rings. The third kappa shape index (κ3) is 5.82. The molecule has 0 aliphatic carbocycles. The number of halogens is 1. The Bertz CT molecular complexity index is 904. The number of urea groups is 2. The van der Waals surface area contributed by atoms with Crippen molar-refractivity contribution in [2.45, 2.75) is 25.9 Å². The number of hydrogen-bond donors (Lipinski definition) is 2. The highest BCUT2D eigenvalue weighted by atomic mass is 19.1. The average molecular weight is 415 g/mol. The third-order valence-electron chi connectivity index (χ3n) is 4.63. The van der Waals surface area contributed by atoms with Crippen LogP contribution in [-0.4, -0.2) is 60.1 Å². The summed E-state index contributed by atoms with van der Waals surface area (Å²) in [7, 11) is 3.41. The van der Waals surface area contributed by atoms with E-state index < -0.39 is 11.8 Å². The molecule has 1 aromatic carbocycles. The maximum Gasteiger partial charge on any atom is 0.323 e. The van der Waals surface area contributed by atoms with E-state index in [1.54, 1.807) is 43.4 Å². The van der Waals surface area contributed by atoms with Crippen LogP contribution in [-0.2, 0) is 0 Å². The smallest absolute Gasteiger partial charge is 0.323 e. The second kappa shape index (κ2) is 9.43. The number of amides is 4. The molecule has 1 atom stereocenters. The highest BCUT2D eigenvalue weighted by Crippen LogP contribution is 2.24. The van der Waals surface area contributed by atoms with Crippen LogP contribution in [0.1, 0.15) is 18.5 Å². The number of aryl methyl sites for hydroxylation is 1. The Labute approximate surface area is 175 Å². The summed E-state index contributed by atoms with van der Waals surface area (Å²) < 4.78 is 20.0. The fourth-order valence-corrected chi connectivity index (χ4v) is 3.22. The van der Waals surface area contributed by atoms with E-state index >= 15 is 0 Å². The monoisotopic (exact) mass is 415 g/mol. The fourth-order valence-electron chi connectivity index (χ4n) is 3.22. The number of carbonyl (C=O) groups excluding carboxylic acids is 2. The van der Waals surface area contributed by atoms with Crippen molar-refractivity contribution in [3.05, 3.63) is 48.0 Å². The summed E-state index contributed by atoms with van der Waals surface area (Å²) in [6, 6.07) is 6.94. The predicted molar refractivity (Wildman–Crippen MR) is 112 cm³/mol. The van der Waals surface area contributed by atoms with E-state index in [1.807, 2.05) is 6.92 Å². The van der Waals surface area contributed by atoms with Crippen LogP contribution in [0.5, 0.6) is 5.75 Å².